The topological polar surface area (TPSA) is 79.1 Å². The molecule has 4 rings (SSSR count). The van der Waals surface area contributed by atoms with Crippen molar-refractivity contribution in [2.75, 3.05) is 7.11 Å². The number of esters is 1. The van der Waals surface area contributed by atoms with Crippen LogP contribution in [0.2, 0.25) is 0 Å². The summed E-state index contributed by atoms with van der Waals surface area (Å²) in [6.07, 6.45) is 1.50. The number of carbonyl (C=O) groups excluding carboxylic acids is 1. The summed E-state index contributed by atoms with van der Waals surface area (Å²) in [5.41, 5.74) is 2.19. The Labute approximate surface area is 214 Å². The zero-order valence-corrected chi connectivity index (χ0v) is 22.1. The average Bonchev–Trinajstić information content (AvgIpc) is 3.13. The summed E-state index contributed by atoms with van der Waals surface area (Å²) in [5, 5.41) is 0. The van der Waals surface area contributed by atoms with Gasteiger partial charge < -0.3 is 14.2 Å². The van der Waals surface area contributed by atoms with Gasteiger partial charge in [-0.1, -0.05) is 41.7 Å². The molecule has 8 heteroatoms. The normalized spacial score (nSPS) is 15.7. The van der Waals surface area contributed by atoms with E-state index in [1.165, 1.54) is 11.3 Å². The van der Waals surface area contributed by atoms with Crippen LogP contribution in [0.25, 0.3) is 6.08 Å². The van der Waals surface area contributed by atoms with E-state index in [9.17, 15) is 9.59 Å². The van der Waals surface area contributed by atoms with E-state index in [1.807, 2.05) is 68.5 Å². The fourth-order valence-electron chi connectivity index (χ4n) is 4.06. The van der Waals surface area contributed by atoms with Gasteiger partial charge in [-0.2, -0.15) is 0 Å². The maximum absolute atomic E-state index is 13.8. The third-order valence-corrected chi connectivity index (χ3v) is 6.57. The molecular formula is C28H30N2O5S. The molecule has 1 aromatic heterocycles. The molecule has 0 fully saturated rings. The molecule has 2 heterocycles. The fourth-order valence-corrected chi connectivity index (χ4v) is 5.10. The molecule has 0 saturated carbocycles. The number of para-hydroxylation sites is 1. The van der Waals surface area contributed by atoms with Gasteiger partial charge in [-0.05, 0) is 64.5 Å². The quantitative estimate of drug-likeness (QED) is 0.453. The summed E-state index contributed by atoms with van der Waals surface area (Å²) in [6.45, 7) is 9.28. The molecule has 0 amide bonds. The second-order valence-corrected chi connectivity index (χ2v) is 10.0. The lowest BCUT2D eigenvalue weighted by Crippen LogP contribution is -2.40. The number of aromatic nitrogens is 1. The number of rotatable bonds is 7. The molecule has 0 radical (unpaired) electrons. The Kier molecular flexibility index (Phi) is 7.45. The van der Waals surface area contributed by atoms with Gasteiger partial charge >= 0.3 is 5.97 Å². The van der Waals surface area contributed by atoms with Gasteiger partial charge in [-0.25, -0.2) is 9.79 Å². The summed E-state index contributed by atoms with van der Waals surface area (Å²) in [4.78, 5) is 32.2. The number of nitrogens with zero attached hydrogens (tertiary/aromatic N) is 2. The number of thiazole rings is 1. The number of carbonyl (C=O) groups is 1. The lowest BCUT2D eigenvalue weighted by atomic mass is 9.96. The Morgan fingerprint density at radius 2 is 1.75 bits per heavy atom. The average molecular weight is 507 g/mol. The van der Waals surface area contributed by atoms with Crippen molar-refractivity contribution in [1.29, 1.82) is 0 Å². The van der Waals surface area contributed by atoms with Crippen LogP contribution in [-0.2, 0) is 9.53 Å². The Bertz CT molecular complexity index is 1480. The number of allylic oxidation sites excluding steroid dienone is 1. The van der Waals surface area contributed by atoms with E-state index in [0.717, 1.165) is 11.1 Å². The van der Waals surface area contributed by atoms with E-state index >= 15 is 0 Å². The van der Waals surface area contributed by atoms with E-state index in [4.69, 9.17) is 14.2 Å². The lowest BCUT2D eigenvalue weighted by Gasteiger charge is -2.25. The lowest BCUT2D eigenvalue weighted by molar-refractivity contribution is -0.143. The molecule has 0 saturated heterocycles. The zero-order chi connectivity index (χ0) is 26.0. The third kappa shape index (κ3) is 5.14. The standard InChI is InChI=1S/C28H30N2O5S/c1-16(2)34-22-10-8-7-9-20(22)15-23-26(31)30-25(19-11-13-21(33-6)14-12-19)24(27(32)35-17(3)4)18(5)29-28(30)36-23/h7-17,25H,1-6H3/b23-15-/t25-/m0/s1. The molecule has 7 nitrogen and oxygen atoms in total. The van der Waals surface area contributed by atoms with Gasteiger partial charge in [0.1, 0.15) is 11.5 Å². The van der Waals surface area contributed by atoms with E-state index in [1.54, 1.807) is 32.4 Å². The van der Waals surface area contributed by atoms with Crippen molar-refractivity contribution < 1.29 is 19.0 Å². The number of hydrogen-bond acceptors (Lipinski definition) is 7. The summed E-state index contributed by atoms with van der Waals surface area (Å²) in [5.74, 6) is 0.888. The Balaban J connectivity index is 1.92. The highest BCUT2D eigenvalue weighted by Crippen LogP contribution is 2.32. The first-order valence-corrected chi connectivity index (χ1v) is 12.6. The molecule has 0 aliphatic carbocycles. The van der Waals surface area contributed by atoms with Gasteiger partial charge in [-0.3, -0.25) is 9.36 Å². The summed E-state index contributed by atoms with van der Waals surface area (Å²) in [7, 11) is 1.59. The van der Waals surface area contributed by atoms with Gasteiger partial charge in [0, 0.05) is 5.56 Å². The first-order chi connectivity index (χ1) is 17.2. The number of methoxy groups -OCH3 is 1. The molecule has 0 unspecified atom stereocenters. The minimum absolute atomic E-state index is 0.00646. The van der Waals surface area contributed by atoms with Crippen LogP contribution in [-0.4, -0.2) is 29.9 Å². The van der Waals surface area contributed by atoms with Crippen LogP contribution in [0, 0.1) is 0 Å². The van der Waals surface area contributed by atoms with E-state index in [0.29, 0.717) is 32.1 Å². The minimum atomic E-state index is -0.678. The van der Waals surface area contributed by atoms with E-state index < -0.39 is 12.0 Å². The minimum Gasteiger partial charge on any atom is -0.497 e. The molecule has 36 heavy (non-hydrogen) atoms. The highest BCUT2D eigenvalue weighted by molar-refractivity contribution is 7.07. The maximum Gasteiger partial charge on any atom is 0.338 e. The van der Waals surface area contributed by atoms with E-state index in [2.05, 4.69) is 4.99 Å². The molecule has 0 bridgehead atoms. The third-order valence-electron chi connectivity index (χ3n) is 5.58. The number of ether oxygens (including phenoxy) is 3. The van der Waals surface area contributed by atoms with Crippen molar-refractivity contribution in [1.82, 2.24) is 4.57 Å². The summed E-state index contributed by atoms with van der Waals surface area (Å²) >= 11 is 1.28. The summed E-state index contributed by atoms with van der Waals surface area (Å²) in [6, 6.07) is 14.2. The van der Waals surface area contributed by atoms with Crippen molar-refractivity contribution >= 4 is 23.4 Å². The zero-order valence-electron chi connectivity index (χ0n) is 21.3. The molecule has 1 aliphatic heterocycles. The SMILES string of the molecule is COc1ccc([C@H]2C(C(=O)OC(C)C)=C(C)N=c3s/c(=C\c4ccccc4OC(C)C)c(=O)n32)cc1. The molecule has 1 atom stereocenters. The molecule has 3 aromatic rings. The van der Waals surface area contributed by atoms with Crippen molar-refractivity contribution in [2.45, 2.75) is 52.9 Å². The van der Waals surface area contributed by atoms with Crippen molar-refractivity contribution in [3.05, 3.63) is 90.6 Å². The maximum atomic E-state index is 13.8. The van der Waals surface area contributed by atoms with Crippen LogP contribution in [0.1, 0.15) is 51.8 Å². The molecule has 188 valence electrons. The first kappa shape index (κ1) is 25.4. The predicted molar refractivity (Wildman–Crippen MR) is 140 cm³/mol. The Morgan fingerprint density at radius 1 is 1.06 bits per heavy atom. The van der Waals surface area contributed by atoms with Gasteiger partial charge in [0.25, 0.3) is 5.56 Å². The van der Waals surface area contributed by atoms with Crippen molar-refractivity contribution in [3.63, 3.8) is 0 Å². The van der Waals surface area contributed by atoms with Gasteiger partial charge in [-0.15, -0.1) is 0 Å². The van der Waals surface area contributed by atoms with Gasteiger partial charge in [0.15, 0.2) is 4.80 Å². The van der Waals surface area contributed by atoms with Crippen LogP contribution in [0.15, 0.2) is 69.6 Å². The largest absolute Gasteiger partial charge is 0.497 e. The highest BCUT2D eigenvalue weighted by atomic mass is 32.1. The molecule has 0 N–H and O–H groups in total. The fraction of sp³-hybridized carbons (Fsp3) is 0.321. The van der Waals surface area contributed by atoms with Crippen LogP contribution < -0.4 is 24.4 Å². The second-order valence-electron chi connectivity index (χ2n) is 9.01. The Morgan fingerprint density at radius 3 is 2.39 bits per heavy atom. The monoisotopic (exact) mass is 506 g/mol. The smallest absolute Gasteiger partial charge is 0.338 e. The van der Waals surface area contributed by atoms with Crippen LogP contribution in [0.5, 0.6) is 11.5 Å². The van der Waals surface area contributed by atoms with Crippen LogP contribution in [0.3, 0.4) is 0 Å². The second kappa shape index (κ2) is 10.5. The number of hydrogen-bond donors (Lipinski definition) is 0. The molecule has 1 aliphatic rings. The molecular weight excluding hydrogens is 476 g/mol. The number of fused-ring (bicyclic) bond motifs is 1. The van der Waals surface area contributed by atoms with Crippen LogP contribution in [0.4, 0.5) is 0 Å². The Hall–Kier alpha value is -3.65. The first-order valence-electron chi connectivity index (χ1n) is 11.8. The van der Waals surface area contributed by atoms with Gasteiger partial charge in [0.2, 0.25) is 0 Å². The van der Waals surface area contributed by atoms with Crippen molar-refractivity contribution in [3.8, 4) is 11.5 Å². The predicted octanol–water partition coefficient (Wildman–Crippen LogP) is 3.98. The summed E-state index contributed by atoms with van der Waals surface area (Å²) < 4.78 is 18.9. The van der Waals surface area contributed by atoms with Crippen LogP contribution >= 0.6 is 11.3 Å². The van der Waals surface area contributed by atoms with Crippen molar-refractivity contribution in [2.24, 2.45) is 4.99 Å². The highest BCUT2D eigenvalue weighted by Gasteiger charge is 2.33. The van der Waals surface area contributed by atoms with Gasteiger partial charge in [0.05, 0.1) is 41.2 Å². The molecule has 0 spiro atoms. The number of benzene rings is 2. The van der Waals surface area contributed by atoms with E-state index in [-0.39, 0.29) is 17.8 Å². The molecule has 2 aromatic carbocycles.